The summed E-state index contributed by atoms with van der Waals surface area (Å²) in [6.07, 6.45) is 4.25. The summed E-state index contributed by atoms with van der Waals surface area (Å²) in [5.41, 5.74) is 2.70. The van der Waals surface area contributed by atoms with Crippen molar-refractivity contribution in [3.8, 4) is 5.75 Å². The molecule has 0 aliphatic carbocycles. The fraction of sp³-hybridized carbons (Fsp3) is 0.600. The SMILES string of the molecule is COc1ccc(CN2CCN(CC=C(C)C)[C@@H](CCCO)C2)cc1. The zero-order valence-corrected chi connectivity index (χ0v) is 15.4. The highest BCUT2D eigenvalue weighted by molar-refractivity contribution is 5.27. The fourth-order valence-corrected chi connectivity index (χ4v) is 3.23. The molecule has 134 valence electrons. The third kappa shape index (κ3) is 5.93. The molecule has 0 spiro atoms. The van der Waals surface area contributed by atoms with Gasteiger partial charge in [0.1, 0.15) is 5.75 Å². The Balaban J connectivity index is 1.94. The number of nitrogens with zero attached hydrogens (tertiary/aromatic N) is 2. The van der Waals surface area contributed by atoms with Crippen LogP contribution < -0.4 is 4.74 Å². The van der Waals surface area contributed by atoms with Crippen LogP contribution in [0.25, 0.3) is 0 Å². The van der Waals surface area contributed by atoms with Gasteiger partial charge >= 0.3 is 0 Å². The first-order chi connectivity index (χ1) is 11.6. The Bertz CT molecular complexity index is 509. The number of allylic oxidation sites excluding steroid dienone is 1. The van der Waals surface area contributed by atoms with E-state index >= 15 is 0 Å². The van der Waals surface area contributed by atoms with Crippen molar-refractivity contribution in [1.82, 2.24) is 9.80 Å². The molecule has 1 aliphatic rings. The number of rotatable bonds is 8. The lowest BCUT2D eigenvalue weighted by Gasteiger charge is -2.41. The van der Waals surface area contributed by atoms with Gasteiger partial charge in [-0.25, -0.2) is 0 Å². The minimum Gasteiger partial charge on any atom is -0.497 e. The lowest BCUT2D eigenvalue weighted by molar-refractivity contribution is 0.0700. The maximum atomic E-state index is 9.20. The van der Waals surface area contributed by atoms with Gasteiger partial charge in [0, 0.05) is 45.4 Å². The highest BCUT2D eigenvalue weighted by Crippen LogP contribution is 2.18. The second-order valence-corrected chi connectivity index (χ2v) is 6.88. The molecule has 4 nitrogen and oxygen atoms in total. The second-order valence-electron chi connectivity index (χ2n) is 6.88. The lowest BCUT2D eigenvalue weighted by Crippen LogP contribution is -2.52. The summed E-state index contributed by atoms with van der Waals surface area (Å²) >= 11 is 0. The molecule has 24 heavy (non-hydrogen) atoms. The predicted molar refractivity (Wildman–Crippen MR) is 99.4 cm³/mol. The molecular weight excluding hydrogens is 300 g/mol. The van der Waals surface area contributed by atoms with Gasteiger partial charge in [-0.2, -0.15) is 0 Å². The Labute approximate surface area is 146 Å². The Hall–Kier alpha value is -1.36. The molecule has 1 saturated heterocycles. The number of benzene rings is 1. The Morgan fingerprint density at radius 3 is 2.62 bits per heavy atom. The van der Waals surface area contributed by atoms with Crippen LogP contribution in [0.15, 0.2) is 35.9 Å². The van der Waals surface area contributed by atoms with Crippen LogP contribution >= 0.6 is 0 Å². The Morgan fingerprint density at radius 2 is 2.00 bits per heavy atom. The summed E-state index contributed by atoms with van der Waals surface area (Å²) in [7, 11) is 1.70. The van der Waals surface area contributed by atoms with Gasteiger partial charge < -0.3 is 9.84 Å². The van der Waals surface area contributed by atoms with E-state index in [0.717, 1.165) is 51.3 Å². The van der Waals surface area contributed by atoms with Crippen molar-refractivity contribution in [2.24, 2.45) is 0 Å². The normalized spacial score (nSPS) is 19.2. The van der Waals surface area contributed by atoms with Crippen molar-refractivity contribution in [3.63, 3.8) is 0 Å². The van der Waals surface area contributed by atoms with E-state index in [2.05, 4.69) is 41.9 Å². The van der Waals surface area contributed by atoms with Crippen molar-refractivity contribution in [3.05, 3.63) is 41.5 Å². The van der Waals surface area contributed by atoms with E-state index in [1.54, 1.807) is 7.11 Å². The van der Waals surface area contributed by atoms with Crippen LogP contribution in [0.4, 0.5) is 0 Å². The number of aliphatic hydroxyl groups excluding tert-OH is 1. The van der Waals surface area contributed by atoms with Crippen LogP contribution in [-0.4, -0.2) is 60.8 Å². The minimum absolute atomic E-state index is 0.283. The molecule has 0 saturated carbocycles. The van der Waals surface area contributed by atoms with Gasteiger partial charge in [0.05, 0.1) is 7.11 Å². The summed E-state index contributed by atoms with van der Waals surface area (Å²) in [6, 6.07) is 8.89. The van der Waals surface area contributed by atoms with Crippen LogP contribution in [-0.2, 0) is 6.54 Å². The van der Waals surface area contributed by atoms with Crippen molar-refractivity contribution in [1.29, 1.82) is 0 Å². The highest BCUT2D eigenvalue weighted by atomic mass is 16.5. The van der Waals surface area contributed by atoms with Crippen LogP contribution in [0.5, 0.6) is 5.75 Å². The van der Waals surface area contributed by atoms with E-state index in [0.29, 0.717) is 6.04 Å². The van der Waals surface area contributed by atoms with Crippen molar-refractivity contribution < 1.29 is 9.84 Å². The second kappa shape index (κ2) is 9.82. The molecule has 1 aromatic rings. The quantitative estimate of drug-likeness (QED) is 0.743. The highest BCUT2D eigenvalue weighted by Gasteiger charge is 2.25. The molecule has 0 unspecified atom stereocenters. The Morgan fingerprint density at radius 1 is 1.25 bits per heavy atom. The largest absolute Gasteiger partial charge is 0.497 e. The molecule has 0 bridgehead atoms. The zero-order valence-electron chi connectivity index (χ0n) is 15.4. The number of piperazine rings is 1. The summed E-state index contributed by atoms with van der Waals surface area (Å²) in [4.78, 5) is 5.09. The molecule has 0 aromatic heterocycles. The zero-order chi connectivity index (χ0) is 17.4. The van der Waals surface area contributed by atoms with Gasteiger partial charge in [-0.1, -0.05) is 23.8 Å². The molecule has 0 amide bonds. The molecule has 4 heteroatoms. The maximum Gasteiger partial charge on any atom is 0.118 e. The van der Waals surface area contributed by atoms with Gasteiger partial charge in [0.25, 0.3) is 0 Å². The molecule has 1 aliphatic heterocycles. The van der Waals surface area contributed by atoms with E-state index in [9.17, 15) is 5.11 Å². The standard InChI is InChI=1S/C20H32N2O2/c1-17(2)10-11-22-13-12-21(16-19(22)5-4-14-23)15-18-6-8-20(24-3)9-7-18/h6-10,19,23H,4-5,11-16H2,1-3H3/t19-/m0/s1. The number of ether oxygens (including phenoxy) is 1. The molecule has 1 atom stereocenters. The molecule has 2 rings (SSSR count). The third-order valence-corrected chi connectivity index (χ3v) is 4.68. The Kier molecular flexibility index (Phi) is 7.76. The predicted octanol–water partition coefficient (Wildman–Crippen LogP) is 2.92. The van der Waals surface area contributed by atoms with Gasteiger partial charge in [0.15, 0.2) is 0 Å². The van der Waals surface area contributed by atoms with Crippen LogP contribution in [0.3, 0.4) is 0 Å². The van der Waals surface area contributed by atoms with Crippen LogP contribution in [0.1, 0.15) is 32.3 Å². The third-order valence-electron chi connectivity index (χ3n) is 4.68. The van der Waals surface area contributed by atoms with Gasteiger partial charge in [-0.3, -0.25) is 9.80 Å². The van der Waals surface area contributed by atoms with E-state index in [-0.39, 0.29) is 6.61 Å². The average molecular weight is 332 g/mol. The molecular formula is C20H32N2O2. The lowest BCUT2D eigenvalue weighted by atomic mass is 10.0. The average Bonchev–Trinajstić information content (AvgIpc) is 2.59. The first-order valence-electron chi connectivity index (χ1n) is 8.96. The topological polar surface area (TPSA) is 35.9 Å². The molecule has 1 fully saturated rings. The minimum atomic E-state index is 0.283. The van der Waals surface area contributed by atoms with Crippen molar-refractivity contribution in [2.75, 3.05) is 39.9 Å². The first kappa shape index (κ1) is 19.0. The molecule has 1 aromatic carbocycles. The number of methoxy groups -OCH3 is 1. The monoisotopic (exact) mass is 332 g/mol. The van der Waals surface area contributed by atoms with Crippen LogP contribution in [0.2, 0.25) is 0 Å². The van der Waals surface area contributed by atoms with E-state index in [1.165, 1.54) is 11.1 Å². The fourth-order valence-electron chi connectivity index (χ4n) is 3.23. The number of hydrogen-bond donors (Lipinski definition) is 1. The molecule has 0 radical (unpaired) electrons. The van der Waals surface area contributed by atoms with Crippen molar-refractivity contribution in [2.45, 2.75) is 39.3 Å². The number of aliphatic hydroxyl groups is 1. The summed E-state index contributed by atoms with van der Waals surface area (Å²) in [5, 5.41) is 9.20. The summed E-state index contributed by atoms with van der Waals surface area (Å²) in [6.45, 7) is 9.86. The smallest absolute Gasteiger partial charge is 0.118 e. The summed E-state index contributed by atoms with van der Waals surface area (Å²) in [5.74, 6) is 0.908. The van der Waals surface area contributed by atoms with Gasteiger partial charge in [-0.15, -0.1) is 0 Å². The summed E-state index contributed by atoms with van der Waals surface area (Å²) < 4.78 is 5.23. The molecule has 1 heterocycles. The van der Waals surface area contributed by atoms with E-state index in [4.69, 9.17) is 4.74 Å². The molecule has 1 N–H and O–H groups in total. The first-order valence-corrected chi connectivity index (χ1v) is 8.96. The van der Waals surface area contributed by atoms with Crippen LogP contribution in [0, 0.1) is 0 Å². The maximum absolute atomic E-state index is 9.20. The van der Waals surface area contributed by atoms with E-state index in [1.807, 2.05) is 12.1 Å². The van der Waals surface area contributed by atoms with Crippen molar-refractivity contribution >= 4 is 0 Å². The number of hydrogen-bond acceptors (Lipinski definition) is 4. The van der Waals surface area contributed by atoms with Gasteiger partial charge in [-0.05, 0) is 44.4 Å². The van der Waals surface area contributed by atoms with Gasteiger partial charge in [0.2, 0.25) is 0 Å². The van der Waals surface area contributed by atoms with E-state index < -0.39 is 0 Å².